The summed E-state index contributed by atoms with van der Waals surface area (Å²) in [6, 6.07) is 9.49. The fraction of sp³-hybridized carbons (Fsp3) is 0.276. The van der Waals surface area contributed by atoms with Gasteiger partial charge in [0.15, 0.2) is 23.2 Å². The minimum absolute atomic E-state index is 0.00224. The molecule has 0 spiro atoms. The Morgan fingerprint density at radius 1 is 0.860 bits per heavy atom. The van der Waals surface area contributed by atoms with Gasteiger partial charge in [0.2, 0.25) is 17.5 Å². The van der Waals surface area contributed by atoms with Gasteiger partial charge in [0.25, 0.3) is 0 Å². The van der Waals surface area contributed by atoms with Gasteiger partial charge in [-0.25, -0.2) is 8.78 Å². The van der Waals surface area contributed by atoms with Crippen LogP contribution in [0, 0.1) is 29.2 Å². The molecule has 228 valence electrons. The Balaban J connectivity index is 1.66. The molecule has 14 heteroatoms. The average molecular weight is 606 g/mol. The second kappa shape index (κ2) is 14.2. The van der Waals surface area contributed by atoms with Crippen molar-refractivity contribution in [2.45, 2.75) is 38.9 Å². The smallest absolute Gasteiger partial charge is 0.309 e. The monoisotopic (exact) mass is 605 g/mol. The maximum absolute atomic E-state index is 13.9. The van der Waals surface area contributed by atoms with Crippen LogP contribution < -0.4 is 20.7 Å². The predicted molar refractivity (Wildman–Crippen MR) is 144 cm³/mol. The van der Waals surface area contributed by atoms with E-state index in [0.29, 0.717) is 0 Å². The average Bonchev–Trinajstić information content (AvgIpc) is 2.96. The number of aliphatic carboxylic acids is 1. The molecule has 0 saturated heterocycles. The molecule has 2 atom stereocenters. The highest BCUT2D eigenvalue weighted by Gasteiger charge is 2.32. The van der Waals surface area contributed by atoms with Gasteiger partial charge in [-0.15, -0.1) is 0 Å². The van der Waals surface area contributed by atoms with Crippen molar-refractivity contribution >= 4 is 40.2 Å². The summed E-state index contributed by atoms with van der Waals surface area (Å²) < 4.78 is 59.2. The summed E-state index contributed by atoms with van der Waals surface area (Å²) >= 11 is 0. The molecule has 43 heavy (non-hydrogen) atoms. The molecular formula is C29H27F4N3O7. The topological polar surface area (TPSA) is 151 Å². The van der Waals surface area contributed by atoms with E-state index in [4.69, 9.17) is 0 Å². The first-order chi connectivity index (χ1) is 20.3. The summed E-state index contributed by atoms with van der Waals surface area (Å²) in [6.45, 7) is 1.72. The highest BCUT2D eigenvalue weighted by molar-refractivity contribution is 6.35. The van der Waals surface area contributed by atoms with Gasteiger partial charge in [0.1, 0.15) is 18.7 Å². The van der Waals surface area contributed by atoms with Gasteiger partial charge in [0.05, 0.1) is 6.42 Å². The number of ketones is 1. The zero-order chi connectivity index (χ0) is 31.8. The van der Waals surface area contributed by atoms with Crippen LogP contribution in [0.5, 0.6) is 5.75 Å². The fourth-order valence-electron chi connectivity index (χ4n) is 4.05. The first-order valence-corrected chi connectivity index (χ1v) is 12.9. The van der Waals surface area contributed by atoms with Crippen molar-refractivity contribution in [1.29, 1.82) is 0 Å². The third kappa shape index (κ3) is 8.27. The summed E-state index contributed by atoms with van der Waals surface area (Å²) in [6.07, 6.45) is -1.01. The van der Waals surface area contributed by atoms with Crippen LogP contribution in [0.15, 0.2) is 48.5 Å². The third-order valence-corrected chi connectivity index (χ3v) is 6.28. The van der Waals surface area contributed by atoms with E-state index in [-0.39, 0.29) is 12.6 Å². The van der Waals surface area contributed by atoms with Gasteiger partial charge in [-0.1, -0.05) is 56.3 Å². The van der Waals surface area contributed by atoms with E-state index in [1.165, 1.54) is 13.8 Å². The third-order valence-electron chi connectivity index (χ3n) is 6.28. The van der Waals surface area contributed by atoms with Gasteiger partial charge in [-0.2, -0.15) is 8.78 Å². The normalized spacial score (nSPS) is 12.3. The van der Waals surface area contributed by atoms with E-state index < -0.39 is 89.5 Å². The van der Waals surface area contributed by atoms with Crippen LogP contribution in [0.2, 0.25) is 0 Å². The molecule has 0 radical (unpaired) electrons. The molecule has 4 N–H and O–H groups in total. The van der Waals surface area contributed by atoms with Crippen LogP contribution in [0.4, 0.5) is 17.6 Å². The summed E-state index contributed by atoms with van der Waals surface area (Å²) in [5.41, 5.74) is 0.732. The zero-order valence-corrected chi connectivity index (χ0v) is 22.9. The lowest BCUT2D eigenvalue weighted by Crippen LogP contribution is -2.56. The van der Waals surface area contributed by atoms with Crippen molar-refractivity contribution in [3.05, 3.63) is 77.4 Å². The Kier molecular flexibility index (Phi) is 10.8. The summed E-state index contributed by atoms with van der Waals surface area (Å²) in [5, 5.41) is 17.8. The number of hydrogen-bond acceptors (Lipinski definition) is 6. The number of nitrogens with one attached hydrogen (secondary N) is 3. The Labute approximate surface area is 242 Å². The van der Waals surface area contributed by atoms with Crippen LogP contribution in [-0.2, 0) is 30.5 Å². The number of benzene rings is 3. The first kappa shape index (κ1) is 32.5. The SMILES string of the molecule is CC(C)[C@H](NC(=O)C(=O)NCc1cccc2ccccc12)C(=O)NC(CC(=O)O)C(=O)COc1c(F)c(F)cc(F)c1F. The number of rotatable bonds is 12. The van der Waals surface area contributed by atoms with Crippen LogP contribution in [0.25, 0.3) is 10.8 Å². The maximum atomic E-state index is 13.9. The number of hydrogen-bond donors (Lipinski definition) is 4. The Hall–Kier alpha value is -5.01. The van der Waals surface area contributed by atoms with E-state index in [1.807, 2.05) is 30.3 Å². The van der Waals surface area contributed by atoms with E-state index in [9.17, 15) is 46.6 Å². The minimum Gasteiger partial charge on any atom is -0.481 e. The molecule has 1 unspecified atom stereocenters. The number of carboxylic acid groups (broad SMARTS) is 1. The molecule has 0 aliphatic heterocycles. The van der Waals surface area contributed by atoms with Crippen molar-refractivity contribution in [1.82, 2.24) is 16.0 Å². The van der Waals surface area contributed by atoms with Gasteiger partial charge in [-0.05, 0) is 22.3 Å². The number of carbonyl (C=O) groups excluding carboxylic acids is 4. The molecule has 3 aromatic rings. The molecule has 3 rings (SSSR count). The molecule has 0 heterocycles. The van der Waals surface area contributed by atoms with Crippen LogP contribution in [0.3, 0.4) is 0 Å². The fourth-order valence-corrected chi connectivity index (χ4v) is 4.05. The molecular weight excluding hydrogens is 578 g/mol. The van der Waals surface area contributed by atoms with Crippen molar-refractivity contribution in [3.8, 4) is 5.75 Å². The quantitative estimate of drug-likeness (QED) is 0.141. The van der Waals surface area contributed by atoms with Crippen molar-refractivity contribution in [2.75, 3.05) is 6.61 Å². The van der Waals surface area contributed by atoms with Crippen LogP contribution in [0.1, 0.15) is 25.8 Å². The molecule has 0 aromatic heterocycles. The van der Waals surface area contributed by atoms with Gasteiger partial charge < -0.3 is 25.8 Å². The molecule has 0 bridgehead atoms. The lowest BCUT2D eigenvalue weighted by atomic mass is 10.0. The summed E-state index contributed by atoms with van der Waals surface area (Å²) in [5.74, 6) is -15.7. The number of carbonyl (C=O) groups is 5. The summed E-state index contributed by atoms with van der Waals surface area (Å²) in [7, 11) is 0. The highest BCUT2D eigenvalue weighted by atomic mass is 19.2. The number of Topliss-reactive ketones (excluding diaryl/α,β-unsaturated/α-hetero) is 1. The van der Waals surface area contributed by atoms with Crippen molar-refractivity contribution in [3.63, 3.8) is 0 Å². The summed E-state index contributed by atoms with van der Waals surface area (Å²) in [4.78, 5) is 62.0. The highest BCUT2D eigenvalue weighted by Crippen LogP contribution is 2.26. The van der Waals surface area contributed by atoms with E-state index in [2.05, 4.69) is 20.7 Å². The number of halogens is 4. The standard InChI is InChI=1S/C29H27F4N3O7/c1-14(2)25(36-29(42)28(41)34-12-16-8-5-7-15-6-3-4-9-17(15)16)27(40)35-20(11-22(38)39)21(37)13-43-26-23(32)18(30)10-19(31)24(26)33/h3-10,14,20,25H,11-13H2,1-2H3,(H,34,41)(H,35,40)(H,36,42)(H,38,39)/t20?,25-/m0/s1. The first-order valence-electron chi connectivity index (χ1n) is 12.9. The Morgan fingerprint density at radius 3 is 2.12 bits per heavy atom. The number of fused-ring (bicyclic) bond motifs is 1. The maximum Gasteiger partial charge on any atom is 0.309 e. The zero-order valence-electron chi connectivity index (χ0n) is 22.9. The largest absolute Gasteiger partial charge is 0.481 e. The van der Waals surface area contributed by atoms with Crippen molar-refractivity contribution in [2.24, 2.45) is 5.92 Å². The number of carboxylic acids is 1. The Bertz CT molecular complexity index is 1530. The lowest BCUT2D eigenvalue weighted by molar-refractivity contribution is -0.142. The van der Waals surface area contributed by atoms with E-state index in [0.717, 1.165) is 16.3 Å². The molecule has 3 aromatic carbocycles. The molecule has 0 aliphatic carbocycles. The van der Waals surface area contributed by atoms with Gasteiger partial charge in [-0.3, -0.25) is 24.0 Å². The molecule has 0 fully saturated rings. The number of ether oxygens (including phenoxy) is 1. The molecule has 3 amide bonds. The second-order valence-corrected chi connectivity index (χ2v) is 9.73. The van der Waals surface area contributed by atoms with Crippen LogP contribution >= 0.6 is 0 Å². The van der Waals surface area contributed by atoms with Gasteiger partial charge in [0, 0.05) is 12.6 Å². The lowest BCUT2D eigenvalue weighted by Gasteiger charge is -2.24. The van der Waals surface area contributed by atoms with Crippen molar-refractivity contribution < 1.29 is 51.4 Å². The predicted octanol–water partition coefficient (Wildman–Crippen LogP) is 2.76. The number of amides is 3. The van der Waals surface area contributed by atoms with Gasteiger partial charge >= 0.3 is 17.8 Å². The second-order valence-electron chi connectivity index (χ2n) is 9.73. The van der Waals surface area contributed by atoms with E-state index in [1.54, 1.807) is 12.1 Å². The molecule has 0 aliphatic rings. The minimum atomic E-state index is -1.92. The van der Waals surface area contributed by atoms with E-state index >= 15 is 0 Å². The molecule has 0 saturated carbocycles. The van der Waals surface area contributed by atoms with Crippen LogP contribution in [-0.4, -0.2) is 53.3 Å². The Morgan fingerprint density at radius 2 is 1.49 bits per heavy atom. The molecule has 10 nitrogen and oxygen atoms in total.